The molecule has 1 saturated heterocycles. The van der Waals surface area contributed by atoms with Crippen molar-refractivity contribution in [1.29, 1.82) is 0 Å². The number of nitrogens with two attached hydrogens (primary N) is 1. The Bertz CT molecular complexity index is 1530. The number of anilines is 1. The smallest absolute Gasteiger partial charge is 0.288 e. The number of carbonyl (C=O) groups excluding carboxylic acids is 3. The van der Waals surface area contributed by atoms with Crippen molar-refractivity contribution in [1.82, 2.24) is 4.90 Å². The molecule has 3 aromatic carbocycles. The number of halogens is 1. The van der Waals surface area contributed by atoms with Crippen LogP contribution in [0, 0.1) is 10.1 Å². The normalized spacial score (nSPS) is 15.5. The molecule has 0 aromatic heterocycles. The highest BCUT2D eigenvalue weighted by atomic mass is 35.5. The van der Waals surface area contributed by atoms with Crippen LogP contribution in [0.15, 0.2) is 77.7 Å². The molecule has 3 aromatic rings. The van der Waals surface area contributed by atoms with Gasteiger partial charge in [-0.1, -0.05) is 41.9 Å². The van der Waals surface area contributed by atoms with Gasteiger partial charge in [0.1, 0.15) is 11.1 Å². The largest absolute Gasteiger partial charge is 0.326 e. The van der Waals surface area contributed by atoms with E-state index in [1.807, 2.05) is 0 Å². The van der Waals surface area contributed by atoms with E-state index in [1.54, 1.807) is 30.3 Å². The summed E-state index contributed by atoms with van der Waals surface area (Å²) in [5, 5.41) is 16.3. The van der Waals surface area contributed by atoms with Crippen molar-refractivity contribution in [2.75, 3.05) is 11.4 Å². The van der Waals surface area contributed by atoms with E-state index in [1.165, 1.54) is 41.3 Å². The molecule has 0 spiro atoms. The van der Waals surface area contributed by atoms with Crippen molar-refractivity contribution in [3.8, 4) is 0 Å². The molecule has 3 amide bonds. The molecule has 1 aliphatic heterocycles. The van der Waals surface area contributed by atoms with Crippen molar-refractivity contribution in [3.05, 3.63) is 99.1 Å². The first-order valence-corrected chi connectivity index (χ1v) is 13.2. The number of nitro groups is 1. The number of nitro benzene ring substituents is 1. The number of rotatable bonds is 8. The number of imide groups is 1. The monoisotopic (exact) mass is 556 g/mol. The minimum absolute atomic E-state index is 0.0453. The molecule has 0 aliphatic carbocycles. The summed E-state index contributed by atoms with van der Waals surface area (Å²) in [6, 6.07) is 16.3. The molecular formula is C25H21ClN4O7S. The van der Waals surface area contributed by atoms with Crippen LogP contribution in [0.5, 0.6) is 0 Å². The molecule has 2 N–H and O–H groups in total. The molecule has 0 saturated carbocycles. The number of carbonyl (C=O) groups is 3. The zero-order chi connectivity index (χ0) is 27.6. The van der Waals surface area contributed by atoms with Crippen LogP contribution in [-0.4, -0.2) is 48.5 Å². The van der Waals surface area contributed by atoms with Gasteiger partial charge < -0.3 is 4.90 Å². The summed E-state index contributed by atoms with van der Waals surface area (Å²) in [6.07, 6.45) is -0.0882. The third-order valence-corrected chi connectivity index (χ3v) is 7.31. The number of primary sulfonamides is 1. The summed E-state index contributed by atoms with van der Waals surface area (Å²) in [4.78, 5) is 52.6. The number of amides is 3. The van der Waals surface area contributed by atoms with Crippen molar-refractivity contribution in [3.63, 3.8) is 0 Å². The zero-order valence-electron chi connectivity index (χ0n) is 19.7. The van der Waals surface area contributed by atoms with Crippen LogP contribution in [0.2, 0.25) is 5.02 Å². The van der Waals surface area contributed by atoms with Crippen LogP contribution in [0.1, 0.15) is 22.3 Å². The van der Waals surface area contributed by atoms with Gasteiger partial charge in [0, 0.05) is 18.2 Å². The van der Waals surface area contributed by atoms with Crippen LogP contribution in [0.25, 0.3) is 0 Å². The van der Waals surface area contributed by atoms with Gasteiger partial charge in [-0.2, -0.15) is 0 Å². The summed E-state index contributed by atoms with van der Waals surface area (Å²) >= 11 is 5.89. The van der Waals surface area contributed by atoms with E-state index in [0.29, 0.717) is 11.3 Å². The van der Waals surface area contributed by atoms with E-state index in [-0.39, 0.29) is 34.9 Å². The molecule has 38 heavy (non-hydrogen) atoms. The number of hydrogen-bond donors (Lipinski definition) is 1. The average molecular weight is 557 g/mol. The molecule has 0 radical (unpaired) electrons. The maximum absolute atomic E-state index is 13.6. The first-order valence-electron chi connectivity index (χ1n) is 11.3. The first kappa shape index (κ1) is 26.9. The topological polar surface area (TPSA) is 161 Å². The lowest BCUT2D eigenvalue weighted by molar-refractivity contribution is -0.384. The van der Waals surface area contributed by atoms with Crippen LogP contribution in [0.3, 0.4) is 0 Å². The van der Waals surface area contributed by atoms with Gasteiger partial charge in [-0.25, -0.2) is 18.5 Å². The van der Waals surface area contributed by atoms with Gasteiger partial charge in [-0.3, -0.25) is 24.5 Å². The van der Waals surface area contributed by atoms with Gasteiger partial charge in [-0.05, 0) is 48.4 Å². The minimum atomic E-state index is -3.89. The molecule has 11 nitrogen and oxygen atoms in total. The lowest BCUT2D eigenvalue weighted by Gasteiger charge is -2.28. The van der Waals surface area contributed by atoms with E-state index in [2.05, 4.69) is 0 Å². The standard InChI is InChI=1S/C25H21ClN4O7S/c26-20-11-8-17(14-21(20)30(34)35)24(32)28(13-12-16-6-9-19(10-7-16)38(27,36)37)22-15-23(31)29(25(22)33)18-4-2-1-3-5-18/h1-11,14,22H,12-13,15H2,(H2,27,36,37). The molecule has 1 atom stereocenters. The SMILES string of the molecule is NS(=O)(=O)c1ccc(CCN(C(=O)c2ccc(Cl)c([N+](=O)[O-])c2)C2CC(=O)N(c3ccccc3)C2=O)cc1. The van der Waals surface area contributed by atoms with Crippen LogP contribution in [0.4, 0.5) is 11.4 Å². The number of benzene rings is 3. The number of nitrogens with zero attached hydrogens (tertiary/aromatic N) is 3. The zero-order valence-corrected chi connectivity index (χ0v) is 21.3. The van der Waals surface area contributed by atoms with Crippen LogP contribution in [-0.2, 0) is 26.0 Å². The number of para-hydroxylation sites is 1. The minimum Gasteiger partial charge on any atom is -0.326 e. The molecule has 1 fully saturated rings. The van der Waals surface area contributed by atoms with Gasteiger partial charge in [0.2, 0.25) is 15.9 Å². The highest BCUT2D eigenvalue weighted by molar-refractivity contribution is 7.89. The fourth-order valence-corrected chi connectivity index (χ4v) is 4.86. The second-order valence-corrected chi connectivity index (χ2v) is 10.5. The average Bonchev–Trinajstić information content (AvgIpc) is 3.17. The molecule has 1 heterocycles. The van der Waals surface area contributed by atoms with E-state index >= 15 is 0 Å². The number of sulfonamides is 1. The number of hydrogen-bond acceptors (Lipinski definition) is 7. The van der Waals surface area contributed by atoms with Crippen molar-refractivity contribution in [2.24, 2.45) is 5.14 Å². The Morgan fingerprint density at radius 2 is 1.74 bits per heavy atom. The highest BCUT2D eigenvalue weighted by Crippen LogP contribution is 2.29. The quantitative estimate of drug-likeness (QED) is 0.253. The van der Waals surface area contributed by atoms with E-state index in [0.717, 1.165) is 11.0 Å². The first-order chi connectivity index (χ1) is 18.0. The van der Waals surface area contributed by atoms with Crippen molar-refractivity contribution < 1.29 is 27.7 Å². The molecular weight excluding hydrogens is 536 g/mol. The predicted octanol–water partition coefficient (Wildman–Crippen LogP) is 2.91. The Balaban J connectivity index is 1.67. The maximum Gasteiger partial charge on any atom is 0.288 e. The van der Waals surface area contributed by atoms with E-state index < -0.39 is 44.4 Å². The van der Waals surface area contributed by atoms with Crippen molar-refractivity contribution >= 4 is 50.7 Å². The summed E-state index contributed by atoms with van der Waals surface area (Å²) < 4.78 is 23.1. The third kappa shape index (κ3) is 5.57. The van der Waals surface area contributed by atoms with Gasteiger partial charge >= 0.3 is 0 Å². The Labute approximate surface area is 222 Å². The predicted molar refractivity (Wildman–Crippen MR) is 138 cm³/mol. The molecule has 196 valence electrons. The Kier molecular flexibility index (Phi) is 7.58. The van der Waals surface area contributed by atoms with Crippen LogP contribution < -0.4 is 10.0 Å². The molecule has 4 rings (SSSR count). The second kappa shape index (κ2) is 10.7. The molecule has 0 bridgehead atoms. The lowest BCUT2D eigenvalue weighted by Crippen LogP contribution is -2.46. The fourth-order valence-electron chi connectivity index (χ4n) is 4.15. The summed E-state index contributed by atoms with van der Waals surface area (Å²) in [6.45, 7) is -0.0453. The molecule has 13 heteroatoms. The Morgan fingerprint density at radius 1 is 1.08 bits per heavy atom. The Morgan fingerprint density at radius 3 is 2.34 bits per heavy atom. The second-order valence-electron chi connectivity index (χ2n) is 8.48. The van der Waals surface area contributed by atoms with E-state index in [9.17, 15) is 32.9 Å². The lowest BCUT2D eigenvalue weighted by atomic mass is 10.1. The molecule has 1 aliphatic rings. The molecule has 1 unspecified atom stereocenters. The van der Waals surface area contributed by atoms with Gasteiger partial charge in [-0.15, -0.1) is 0 Å². The third-order valence-electron chi connectivity index (χ3n) is 6.06. The fraction of sp³-hybridized carbons (Fsp3) is 0.160. The van der Waals surface area contributed by atoms with Gasteiger partial charge in [0.15, 0.2) is 0 Å². The summed E-state index contributed by atoms with van der Waals surface area (Å²) in [5.41, 5.74) is 0.437. The van der Waals surface area contributed by atoms with Gasteiger partial charge in [0.25, 0.3) is 17.5 Å². The van der Waals surface area contributed by atoms with Crippen LogP contribution >= 0.6 is 11.6 Å². The summed E-state index contributed by atoms with van der Waals surface area (Å²) in [7, 11) is -3.89. The van der Waals surface area contributed by atoms with Crippen molar-refractivity contribution in [2.45, 2.75) is 23.8 Å². The maximum atomic E-state index is 13.6. The van der Waals surface area contributed by atoms with E-state index in [4.69, 9.17) is 16.7 Å². The Hall–Kier alpha value is -4.13. The highest BCUT2D eigenvalue weighted by Gasteiger charge is 2.44. The van der Waals surface area contributed by atoms with Gasteiger partial charge in [0.05, 0.1) is 21.9 Å². The summed E-state index contributed by atoms with van der Waals surface area (Å²) in [5.74, 6) is -1.81.